The Morgan fingerprint density at radius 1 is 1.53 bits per heavy atom. The molecular formula is C12H20N2S. The molecular weight excluding hydrogens is 204 g/mol. The van der Waals surface area contributed by atoms with Crippen molar-refractivity contribution in [1.82, 2.24) is 10.3 Å². The van der Waals surface area contributed by atoms with Crippen molar-refractivity contribution < 1.29 is 0 Å². The van der Waals surface area contributed by atoms with Crippen LogP contribution in [0.1, 0.15) is 42.3 Å². The van der Waals surface area contributed by atoms with Gasteiger partial charge in [0.05, 0.1) is 11.2 Å². The van der Waals surface area contributed by atoms with Gasteiger partial charge in [-0.2, -0.15) is 0 Å². The maximum atomic E-state index is 4.78. The van der Waals surface area contributed by atoms with Gasteiger partial charge in [-0.3, -0.25) is 0 Å². The first-order valence-electron chi connectivity index (χ1n) is 5.77. The minimum Gasteiger partial charge on any atom is -0.308 e. The van der Waals surface area contributed by atoms with Crippen molar-refractivity contribution >= 4 is 11.3 Å². The van der Waals surface area contributed by atoms with Gasteiger partial charge in [0.25, 0.3) is 0 Å². The van der Waals surface area contributed by atoms with Crippen molar-refractivity contribution in [3.05, 3.63) is 15.6 Å². The lowest BCUT2D eigenvalue weighted by Crippen LogP contribution is -2.50. The monoisotopic (exact) mass is 224 g/mol. The van der Waals surface area contributed by atoms with Crippen molar-refractivity contribution in [2.75, 3.05) is 7.05 Å². The molecule has 1 aliphatic carbocycles. The van der Waals surface area contributed by atoms with Crippen LogP contribution in [0.4, 0.5) is 0 Å². The maximum Gasteiger partial charge on any atom is 0.113 e. The van der Waals surface area contributed by atoms with Gasteiger partial charge in [0, 0.05) is 4.88 Å². The fourth-order valence-corrected chi connectivity index (χ4v) is 3.79. The van der Waals surface area contributed by atoms with Gasteiger partial charge in [0.1, 0.15) is 5.01 Å². The molecule has 3 heteroatoms. The topological polar surface area (TPSA) is 24.9 Å². The molecule has 1 heterocycles. The van der Waals surface area contributed by atoms with Gasteiger partial charge < -0.3 is 5.32 Å². The van der Waals surface area contributed by atoms with E-state index in [0.29, 0.717) is 0 Å². The van der Waals surface area contributed by atoms with Gasteiger partial charge in [0.15, 0.2) is 0 Å². The number of nitrogens with one attached hydrogen (secondary N) is 1. The Bertz CT molecular complexity index is 351. The molecule has 1 saturated carbocycles. The average molecular weight is 224 g/mol. The third-order valence-electron chi connectivity index (χ3n) is 3.51. The highest BCUT2D eigenvalue weighted by Gasteiger charge is 2.44. The van der Waals surface area contributed by atoms with E-state index in [9.17, 15) is 0 Å². The fourth-order valence-electron chi connectivity index (χ4n) is 2.58. The van der Waals surface area contributed by atoms with Crippen molar-refractivity contribution in [2.45, 2.75) is 45.6 Å². The summed E-state index contributed by atoms with van der Waals surface area (Å²) in [6.45, 7) is 6.68. The molecule has 1 fully saturated rings. The molecule has 1 N–H and O–H groups in total. The lowest BCUT2D eigenvalue weighted by molar-refractivity contribution is 0.124. The van der Waals surface area contributed by atoms with E-state index in [0.717, 1.165) is 12.3 Å². The highest BCUT2D eigenvalue weighted by Crippen LogP contribution is 2.46. The van der Waals surface area contributed by atoms with E-state index < -0.39 is 0 Å². The second kappa shape index (κ2) is 3.87. The van der Waals surface area contributed by atoms with Crippen molar-refractivity contribution in [3.63, 3.8) is 0 Å². The average Bonchev–Trinajstić information content (AvgIpc) is 2.54. The molecule has 0 radical (unpaired) electrons. The fraction of sp³-hybridized carbons (Fsp3) is 0.750. The van der Waals surface area contributed by atoms with Crippen LogP contribution < -0.4 is 5.32 Å². The van der Waals surface area contributed by atoms with Crippen LogP contribution in [-0.4, -0.2) is 12.0 Å². The summed E-state index contributed by atoms with van der Waals surface area (Å²) in [7, 11) is 2.06. The highest BCUT2D eigenvalue weighted by atomic mass is 32.1. The van der Waals surface area contributed by atoms with E-state index in [2.05, 4.69) is 33.1 Å². The molecule has 0 amide bonds. The molecule has 0 aliphatic heterocycles. The normalized spacial score (nSPS) is 30.3. The lowest BCUT2D eigenvalue weighted by atomic mass is 9.69. The van der Waals surface area contributed by atoms with E-state index in [4.69, 9.17) is 4.98 Å². The molecule has 84 valence electrons. The van der Waals surface area contributed by atoms with Crippen LogP contribution in [-0.2, 0) is 12.0 Å². The van der Waals surface area contributed by atoms with Crippen LogP contribution in [0.2, 0.25) is 0 Å². The molecule has 0 atom stereocenters. The minimum absolute atomic E-state index is 0.197. The molecule has 0 aromatic carbocycles. The summed E-state index contributed by atoms with van der Waals surface area (Å²) in [5, 5.41) is 4.78. The molecule has 1 aliphatic rings. The second-order valence-corrected chi connectivity index (χ2v) is 5.92. The molecule has 0 bridgehead atoms. The van der Waals surface area contributed by atoms with Crippen molar-refractivity contribution in [3.8, 4) is 0 Å². The Morgan fingerprint density at radius 2 is 2.20 bits per heavy atom. The summed E-state index contributed by atoms with van der Waals surface area (Å²) >= 11 is 1.87. The molecule has 2 nitrogen and oxygen atoms in total. The standard InChI is InChI=1S/C12H20N2S/c1-5-10-9(3)15-11(14-10)12(13-4)6-8(2)7-12/h8,13H,5-7H2,1-4H3. The Balaban J connectivity index is 2.28. The van der Waals surface area contributed by atoms with Crippen LogP contribution in [0, 0.1) is 12.8 Å². The number of hydrogen-bond acceptors (Lipinski definition) is 3. The first-order valence-corrected chi connectivity index (χ1v) is 6.58. The van der Waals surface area contributed by atoms with E-state index in [-0.39, 0.29) is 5.54 Å². The third kappa shape index (κ3) is 1.72. The van der Waals surface area contributed by atoms with Crippen LogP contribution in [0.5, 0.6) is 0 Å². The van der Waals surface area contributed by atoms with E-state index >= 15 is 0 Å². The predicted molar refractivity (Wildman–Crippen MR) is 65.4 cm³/mol. The number of aryl methyl sites for hydroxylation is 2. The zero-order chi connectivity index (χ0) is 11.1. The smallest absolute Gasteiger partial charge is 0.113 e. The largest absolute Gasteiger partial charge is 0.308 e. The Hall–Kier alpha value is -0.410. The third-order valence-corrected chi connectivity index (χ3v) is 4.73. The first-order chi connectivity index (χ1) is 7.11. The van der Waals surface area contributed by atoms with E-state index in [1.54, 1.807) is 0 Å². The predicted octanol–water partition coefficient (Wildman–Crippen LogP) is 2.86. The summed E-state index contributed by atoms with van der Waals surface area (Å²) in [4.78, 5) is 6.17. The Kier molecular flexibility index (Phi) is 2.86. The van der Waals surface area contributed by atoms with Crippen LogP contribution in [0.3, 0.4) is 0 Å². The van der Waals surface area contributed by atoms with Crippen molar-refractivity contribution in [1.29, 1.82) is 0 Å². The van der Waals surface area contributed by atoms with Gasteiger partial charge in [-0.05, 0) is 39.2 Å². The minimum atomic E-state index is 0.197. The number of hydrogen-bond donors (Lipinski definition) is 1. The summed E-state index contributed by atoms with van der Waals surface area (Å²) in [6.07, 6.45) is 3.52. The van der Waals surface area contributed by atoms with Gasteiger partial charge >= 0.3 is 0 Å². The summed E-state index contributed by atoms with van der Waals surface area (Å²) in [5.41, 5.74) is 1.48. The van der Waals surface area contributed by atoms with Crippen LogP contribution >= 0.6 is 11.3 Å². The quantitative estimate of drug-likeness (QED) is 0.854. The molecule has 2 rings (SSSR count). The van der Waals surface area contributed by atoms with E-state index in [1.165, 1.54) is 28.4 Å². The molecule has 0 unspecified atom stereocenters. The molecule has 0 spiro atoms. The summed E-state index contributed by atoms with van der Waals surface area (Å²) < 4.78 is 0. The lowest BCUT2D eigenvalue weighted by Gasteiger charge is -2.45. The van der Waals surface area contributed by atoms with Gasteiger partial charge in [-0.1, -0.05) is 13.8 Å². The molecule has 1 aromatic rings. The highest BCUT2D eigenvalue weighted by molar-refractivity contribution is 7.11. The molecule has 0 saturated heterocycles. The number of aromatic nitrogens is 1. The first kappa shape index (κ1) is 11.1. The zero-order valence-electron chi connectivity index (χ0n) is 10.1. The Morgan fingerprint density at radius 3 is 2.60 bits per heavy atom. The van der Waals surface area contributed by atoms with E-state index in [1.807, 2.05) is 11.3 Å². The van der Waals surface area contributed by atoms with Gasteiger partial charge in [0.2, 0.25) is 0 Å². The molecule has 1 aromatic heterocycles. The summed E-state index contributed by atoms with van der Waals surface area (Å²) in [6, 6.07) is 0. The van der Waals surface area contributed by atoms with Gasteiger partial charge in [-0.15, -0.1) is 11.3 Å². The van der Waals surface area contributed by atoms with Crippen LogP contribution in [0.25, 0.3) is 0 Å². The second-order valence-electron chi connectivity index (χ2n) is 4.72. The maximum absolute atomic E-state index is 4.78. The number of nitrogens with zero attached hydrogens (tertiary/aromatic N) is 1. The SMILES string of the molecule is CCc1nc(C2(NC)CC(C)C2)sc1C. The zero-order valence-corrected chi connectivity index (χ0v) is 10.9. The molecule has 15 heavy (non-hydrogen) atoms. The summed E-state index contributed by atoms with van der Waals surface area (Å²) in [5.74, 6) is 0.840. The number of rotatable bonds is 3. The Labute approximate surface area is 96.1 Å². The number of thiazole rings is 1. The van der Waals surface area contributed by atoms with Crippen molar-refractivity contribution in [2.24, 2.45) is 5.92 Å². The van der Waals surface area contributed by atoms with Gasteiger partial charge in [-0.25, -0.2) is 4.98 Å². The van der Waals surface area contributed by atoms with Crippen LogP contribution in [0.15, 0.2) is 0 Å².